The van der Waals surface area contributed by atoms with Crippen LogP contribution in [0.3, 0.4) is 0 Å². The number of hydrogen-bond donors (Lipinski definition) is 2. The number of imidazole rings is 1. The lowest BCUT2D eigenvalue weighted by Gasteiger charge is -2.36. The van der Waals surface area contributed by atoms with E-state index in [1.54, 1.807) is 42.7 Å². The van der Waals surface area contributed by atoms with Crippen LogP contribution in [0.25, 0.3) is 0 Å². The number of carbonyl (C=O) groups excluding carboxylic acids is 1. The van der Waals surface area contributed by atoms with Crippen molar-refractivity contribution in [3.63, 3.8) is 0 Å². The number of nitrogens with one attached hydrogen (secondary N) is 1. The summed E-state index contributed by atoms with van der Waals surface area (Å²) in [6, 6.07) is 12.2. The summed E-state index contributed by atoms with van der Waals surface area (Å²) in [5, 5.41) is 10.1. The van der Waals surface area contributed by atoms with Gasteiger partial charge < -0.3 is 28.8 Å². The van der Waals surface area contributed by atoms with Crippen LogP contribution in [0, 0.1) is 5.92 Å². The van der Waals surface area contributed by atoms with Gasteiger partial charge in [0.2, 0.25) is 0 Å². The molecule has 2 heterocycles. The maximum atomic E-state index is 14.4. The van der Waals surface area contributed by atoms with Gasteiger partial charge in [-0.25, -0.2) is 4.98 Å². The third-order valence-electron chi connectivity index (χ3n) is 8.36. The van der Waals surface area contributed by atoms with Gasteiger partial charge in [0.05, 0.1) is 43.9 Å². The number of aliphatic hydroxyl groups is 1. The fraction of sp³-hybridized carbons (Fsp3) is 0.529. The minimum absolute atomic E-state index is 0.0941. The van der Waals surface area contributed by atoms with Crippen molar-refractivity contribution in [2.75, 3.05) is 45.2 Å². The van der Waals surface area contributed by atoms with Crippen LogP contribution in [0.4, 0.5) is 5.69 Å². The molecule has 0 aliphatic carbocycles. The summed E-state index contributed by atoms with van der Waals surface area (Å²) >= 11 is 0. The second-order valence-corrected chi connectivity index (χ2v) is 14.2. The number of carbonyl (C=O) groups is 1. The molecule has 2 N–H and O–H groups in total. The number of aromatic nitrogens is 2. The zero-order valence-electron chi connectivity index (χ0n) is 28.3. The molecule has 3 aromatic rings. The first-order chi connectivity index (χ1) is 22.4. The van der Waals surface area contributed by atoms with Gasteiger partial charge in [-0.15, -0.1) is 0 Å². The van der Waals surface area contributed by atoms with Crippen molar-refractivity contribution in [1.82, 2.24) is 19.4 Å². The number of likely N-dealkylation sites (N-methyl/N-ethyl adjacent to an activating group) is 1. The number of aryl methyl sites for hydroxylation is 1. The second kappa shape index (κ2) is 16.4. The van der Waals surface area contributed by atoms with Gasteiger partial charge in [-0.2, -0.15) is 8.42 Å². The Kier molecular flexibility index (Phi) is 12.7. The van der Waals surface area contributed by atoms with Crippen LogP contribution in [0.2, 0.25) is 0 Å². The predicted molar refractivity (Wildman–Crippen MR) is 180 cm³/mol. The van der Waals surface area contributed by atoms with E-state index in [1.807, 2.05) is 38.2 Å². The Balaban J connectivity index is 1.62. The molecule has 1 aliphatic rings. The molecule has 0 saturated carbocycles. The average molecular weight is 672 g/mol. The lowest BCUT2D eigenvalue weighted by Crippen LogP contribution is -2.47. The maximum absolute atomic E-state index is 14.4. The molecule has 1 amide bonds. The van der Waals surface area contributed by atoms with Crippen LogP contribution in [0.15, 0.2) is 60.0 Å². The molecule has 1 aromatic heterocycles. The predicted octanol–water partition coefficient (Wildman–Crippen LogP) is 4.16. The monoisotopic (exact) mass is 671 g/mol. The molecular formula is C34H49N5O7S. The summed E-state index contributed by atoms with van der Waals surface area (Å²) in [5.74, 6) is 0.696. The SMILES string of the molecule is COc1ccc(CN(C)C[C@H]2OCCCC[C@H](C)Oc3ccc(NS(=O)(=O)c4cn(C)cn4)cc3C(=O)N([C@H](C)CO)C[C@H]2C)cc1. The quantitative estimate of drug-likeness (QED) is 0.326. The van der Waals surface area contributed by atoms with Gasteiger partial charge in [0.25, 0.3) is 15.9 Å². The minimum Gasteiger partial charge on any atom is -0.497 e. The standard InChI is InChI=1S/C34H49N5O7S/c1-24-18-39(25(2)22-40)34(41)30-17-28(36-47(42,43)33-21-38(5)23-35-33)12-15-31(30)46-26(3)9-7-8-16-45-32(24)20-37(4)19-27-10-13-29(44-6)14-11-27/h10-15,17,21,23-26,32,36,40H,7-9,16,18-20,22H2,1-6H3/t24-,25-,26+,32-/m1/s1. The zero-order chi connectivity index (χ0) is 34.1. The largest absolute Gasteiger partial charge is 0.497 e. The highest BCUT2D eigenvalue weighted by atomic mass is 32.2. The molecule has 13 heteroatoms. The number of nitrogens with zero attached hydrogens (tertiary/aromatic N) is 4. The van der Waals surface area contributed by atoms with Crippen molar-refractivity contribution >= 4 is 21.6 Å². The molecule has 4 rings (SSSR count). The molecule has 0 fully saturated rings. The van der Waals surface area contributed by atoms with Crippen LogP contribution in [0.5, 0.6) is 11.5 Å². The topological polar surface area (TPSA) is 135 Å². The van der Waals surface area contributed by atoms with Crippen LogP contribution < -0.4 is 14.2 Å². The van der Waals surface area contributed by atoms with E-state index in [0.29, 0.717) is 32.0 Å². The van der Waals surface area contributed by atoms with E-state index in [-0.39, 0.29) is 46.9 Å². The van der Waals surface area contributed by atoms with Gasteiger partial charge in [-0.1, -0.05) is 19.1 Å². The average Bonchev–Trinajstić information content (AvgIpc) is 3.50. The van der Waals surface area contributed by atoms with Crippen LogP contribution >= 0.6 is 0 Å². The molecule has 12 nitrogen and oxygen atoms in total. The highest BCUT2D eigenvalue weighted by molar-refractivity contribution is 7.92. The van der Waals surface area contributed by atoms with E-state index in [1.165, 1.54) is 18.6 Å². The van der Waals surface area contributed by atoms with E-state index in [9.17, 15) is 18.3 Å². The molecule has 2 aromatic carbocycles. The maximum Gasteiger partial charge on any atom is 0.280 e. The Morgan fingerprint density at radius 1 is 1.17 bits per heavy atom. The van der Waals surface area contributed by atoms with Gasteiger partial charge in [0.1, 0.15) is 11.5 Å². The van der Waals surface area contributed by atoms with E-state index < -0.39 is 16.1 Å². The molecule has 258 valence electrons. The molecule has 0 bridgehead atoms. The minimum atomic E-state index is -4.00. The van der Waals surface area contributed by atoms with Gasteiger partial charge in [-0.3, -0.25) is 14.4 Å². The normalized spacial score (nSPS) is 20.6. The van der Waals surface area contributed by atoms with Crippen molar-refractivity contribution < 1.29 is 32.5 Å². The lowest BCUT2D eigenvalue weighted by molar-refractivity contribution is -0.0177. The smallest absolute Gasteiger partial charge is 0.280 e. The Labute approximate surface area is 278 Å². The van der Waals surface area contributed by atoms with Gasteiger partial charge in [0, 0.05) is 51.1 Å². The first kappa shape index (κ1) is 36.2. The number of ether oxygens (including phenoxy) is 3. The van der Waals surface area contributed by atoms with Gasteiger partial charge in [0.15, 0.2) is 5.03 Å². The zero-order valence-corrected chi connectivity index (χ0v) is 29.1. The van der Waals surface area contributed by atoms with E-state index in [2.05, 4.69) is 21.5 Å². The van der Waals surface area contributed by atoms with E-state index >= 15 is 0 Å². The van der Waals surface area contributed by atoms with Crippen molar-refractivity contribution in [1.29, 1.82) is 0 Å². The van der Waals surface area contributed by atoms with E-state index in [0.717, 1.165) is 30.6 Å². The number of fused-ring (bicyclic) bond motifs is 1. The number of amides is 1. The fourth-order valence-electron chi connectivity index (χ4n) is 5.60. The summed E-state index contributed by atoms with van der Waals surface area (Å²) in [6.07, 6.45) is 4.90. The molecule has 0 saturated heterocycles. The second-order valence-electron chi connectivity index (χ2n) is 12.5. The molecule has 47 heavy (non-hydrogen) atoms. The number of hydrogen-bond acceptors (Lipinski definition) is 9. The van der Waals surface area contributed by atoms with Crippen LogP contribution in [0.1, 0.15) is 56.0 Å². The van der Waals surface area contributed by atoms with Crippen LogP contribution in [-0.4, -0.2) is 97.5 Å². The molecule has 4 atom stereocenters. The van der Waals surface area contributed by atoms with Crippen molar-refractivity contribution in [3.05, 3.63) is 66.1 Å². The Bertz CT molecular complexity index is 1560. The molecule has 0 radical (unpaired) electrons. The van der Waals surface area contributed by atoms with Crippen LogP contribution in [-0.2, 0) is 28.4 Å². The summed E-state index contributed by atoms with van der Waals surface area (Å²) in [4.78, 5) is 22.1. The van der Waals surface area contributed by atoms with E-state index in [4.69, 9.17) is 14.2 Å². The highest BCUT2D eigenvalue weighted by Gasteiger charge is 2.31. The lowest BCUT2D eigenvalue weighted by atomic mass is 10.0. The summed E-state index contributed by atoms with van der Waals surface area (Å²) in [7, 11) is 1.38. The molecular weight excluding hydrogens is 622 g/mol. The summed E-state index contributed by atoms with van der Waals surface area (Å²) in [6.45, 7) is 7.78. The Morgan fingerprint density at radius 2 is 1.91 bits per heavy atom. The number of benzene rings is 2. The third-order valence-corrected chi connectivity index (χ3v) is 9.63. The van der Waals surface area contributed by atoms with Gasteiger partial charge >= 0.3 is 0 Å². The summed E-state index contributed by atoms with van der Waals surface area (Å²) < 4.78 is 48.2. The van der Waals surface area contributed by atoms with Crippen molar-refractivity contribution in [2.45, 2.75) is 69.9 Å². The van der Waals surface area contributed by atoms with Crippen molar-refractivity contribution in [2.24, 2.45) is 13.0 Å². The molecule has 0 unspecified atom stereocenters. The molecule has 1 aliphatic heterocycles. The van der Waals surface area contributed by atoms with Crippen molar-refractivity contribution in [3.8, 4) is 11.5 Å². The first-order valence-electron chi connectivity index (χ1n) is 16.1. The fourth-order valence-corrected chi connectivity index (χ4v) is 6.63. The Hall–Kier alpha value is -3.65. The number of aliphatic hydroxyl groups excluding tert-OH is 1. The number of anilines is 1. The number of methoxy groups -OCH3 is 1. The first-order valence-corrected chi connectivity index (χ1v) is 17.5. The molecule has 0 spiro atoms. The number of rotatable bonds is 10. The summed E-state index contributed by atoms with van der Waals surface area (Å²) in [5.41, 5.74) is 1.55. The van der Waals surface area contributed by atoms with Gasteiger partial charge in [-0.05, 0) is 76.1 Å². The highest BCUT2D eigenvalue weighted by Crippen LogP contribution is 2.29. The third kappa shape index (κ3) is 9.92. The number of sulfonamides is 1. The Morgan fingerprint density at radius 3 is 2.57 bits per heavy atom.